The van der Waals surface area contributed by atoms with Gasteiger partial charge >= 0.3 is 11.9 Å². The van der Waals surface area contributed by atoms with Crippen molar-refractivity contribution in [3.63, 3.8) is 0 Å². The molecule has 0 aliphatic rings. The molecule has 0 aliphatic heterocycles. The monoisotopic (exact) mass is 560 g/mol. The second-order valence-corrected chi connectivity index (χ2v) is 11.3. The molecule has 0 aromatic rings. The Bertz CT molecular complexity index is 649. The number of carboxylic acid groups (broad SMARTS) is 1. The fourth-order valence-corrected chi connectivity index (χ4v) is 4.88. The van der Waals surface area contributed by atoms with E-state index in [0.29, 0.717) is 6.42 Å². The molecule has 0 heterocycles. The number of hydrogen-bond acceptors (Lipinski definition) is 3. The van der Waals surface area contributed by atoms with Gasteiger partial charge in [-0.1, -0.05) is 147 Å². The Labute approximate surface area is 248 Å². The minimum Gasteiger partial charge on any atom is -0.481 e. The van der Waals surface area contributed by atoms with Crippen molar-refractivity contribution in [2.24, 2.45) is 0 Å². The Morgan fingerprint density at radius 1 is 0.575 bits per heavy atom. The van der Waals surface area contributed by atoms with Crippen molar-refractivity contribution in [1.29, 1.82) is 0 Å². The molecule has 0 saturated heterocycles. The van der Waals surface area contributed by atoms with Crippen molar-refractivity contribution >= 4 is 11.9 Å². The first kappa shape index (κ1) is 38.2. The number of unbranched alkanes of at least 4 members (excludes halogenated alkanes) is 17. The van der Waals surface area contributed by atoms with Crippen LogP contribution in [0.15, 0.2) is 36.5 Å². The lowest BCUT2D eigenvalue weighted by Crippen LogP contribution is -2.16. The molecule has 1 atom stereocenters. The van der Waals surface area contributed by atoms with Gasteiger partial charge in [-0.05, 0) is 51.0 Å². The number of carbonyl (C=O) groups is 2. The van der Waals surface area contributed by atoms with Crippen molar-refractivity contribution in [2.45, 2.75) is 180 Å². The molecule has 0 aromatic carbocycles. The quantitative estimate of drug-likeness (QED) is 0.0539. The van der Waals surface area contributed by atoms with Crippen molar-refractivity contribution < 1.29 is 19.4 Å². The van der Waals surface area contributed by atoms with E-state index in [1.807, 2.05) is 0 Å². The molecule has 40 heavy (non-hydrogen) atoms. The van der Waals surface area contributed by atoms with Gasteiger partial charge in [0.1, 0.15) is 6.10 Å². The largest absolute Gasteiger partial charge is 0.481 e. The molecule has 0 spiro atoms. The van der Waals surface area contributed by atoms with Crippen molar-refractivity contribution in [3.05, 3.63) is 36.5 Å². The van der Waals surface area contributed by atoms with E-state index in [-0.39, 0.29) is 18.5 Å². The summed E-state index contributed by atoms with van der Waals surface area (Å²) in [6.45, 7) is 4.41. The summed E-state index contributed by atoms with van der Waals surface area (Å²) in [6, 6.07) is 0. The van der Waals surface area contributed by atoms with Crippen molar-refractivity contribution in [3.8, 4) is 0 Å². The summed E-state index contributed by atoms with van der Waals surface area (Å²) in [5.74, 6) is -0.769. The van der Waals surface area contributed by atoms with Gasteiger partial charge in [-0.25, -0.2) is 0 Å². The van der Waals surface area contributed by atoms with E-state index in [2.05, 4.69) is 50.3 Å². The maximum Gasteiger partial charge on any atom is 0.306 e. The second kappa shape index (κ2) is 31.7. The van der Waals surface area contributed by atoms with Gasteiger partial charge in [0.25, 0.3) is 0 Å². The fraction of sp³-hybridized carbons (Fsp3) is 0.778. The minimum absolute atomic E-state index is 0.0633. The molecule has 0 rings (SSSR count). The number of rotatable bonds is 30. The molecule has 0 aromatic heterocycles. The molecule has 1 N–H and O–H groups in total. The van der Waals surface area contributed by atoms with E-state index in [1.54, 1.807) is 0 Å². The van der Waals surface area contributed by atoms with Gasteiger partial charge in [-0.2, -0.15) is 0 Å². The van der Waals surface area contributed by atoms with E-state index in [1.165, 1.54) is 70.6 Å². The van der Waals surface area contributed by atoms with Gasteiger partial charge < -0.3 is 9.84 Å². The van der Waals surface area contributed by atoms with Gasteiger partial charge in [-0.3, -0.25) is 9.59 Å². The predicted molar refractivity (Wildman–Crippen MR) is 172 cm³/mol. The molecule has 0 radical (unpaired) electrons. The zero-order chi connectivity index (χ0) is 29.4. The minimum atomic E-state index is -0.706. The van der Waals surface area contributed by atoms with Crippen LogP contribution < -0.4 is 0 Å². The van der Waals surface area contributed by atoms with Gasteiger partial charge in [0, 0.05) is 12.8 Å². The van der Waals surface area contributed by atoms with Crippen LogP contribution in [0.5, 0.6) is 0 Å². The number of hydrogen-bond donors (Lipinski definition) is 1. The van der Waals surface area contributed by atoms with Crippen molar-refractivity contribution in [2.75, 3.05) is 0 Å². The fourth-order valence-electron chi connectivity index (χ4n) is 4.88. The van der Waals surface area contributed by atoms with E-state index in [4.69, 9.17) is 9.84 Å². The normalized spacial score (nSPS) is 12.7. The van der Waals surface area contributed by atoms with Crippen LogP contribution in [0.4, 0.5) is 0 Å². The molecule has 1 unspecified atom stereocenters. The molecular formula is C36H64O4. The first-order valence-electron chi connectivity index (χ1n) is 17.0. The number of carboxylic acids is 1. The van der Waals surface area contributed by atoms with Gasteiger partial charge in [0.2, 0.25) is 0 Å². The first-order chi connectivity index (χ1) is 19.6. The van der Waals surface area contributed by atoms with Crippen LogP contribution in [0.3, 0.4) is 0 Å². The molecule has 0 saturated carbocycles. The summed E-state index contributed by atoms with van der Waals surface area (Å²) in [5.41, 5.74) is 0. The highest BCUT2D eigenvalue weighted by Gasteiger charge is 2.11. The molecule has 0 bridgehead atoms. The molecular weight excluding hydrogens is 496 g/mol. The number of carbonyl (C=O) groups excluding carboxylic acids is 1. The SMILES string of the molecule is CC/C=C\C/C=C\C/C=C\C(CCCCCCCCC(=O)O)OC(=O)CCCCCCCCCCCCCCC. The summed E-state index contributed by atoms with van der Waals surface area (Å²) in [4.78, 5) is 23.1. The highest BCUT2D eigenvalue weighted by Crippen LogP contribution is 2.16. The summed E-state index contributed by atoms with van der Waals surface area (Å²) in [5, 5.41) is 8.74. The van der Waals surface area contributed by atoms with Crippen LogP contribution in [0.25, 0.3) is 0 Å². The Kier molecular flexibility index (Phi) is 30.2. The van der Waals surface area contributed by atoms with Crippen LogP contribution in [0.1, 0.15) is 174 Å². The third kappa shape index (κ3) is 30.7. The van der Waals surface area contributed by atoms with E-state index in [0.717, 1.165) is 77.0 Å². The second-order valence-electron chi connectivity index (χ2n) is 11.3. The van der Waals surface area contributed by atoms with Crippen LogP contribution >= 0.6 is 0 Å². The van der Waals surface area contributed by atoms with Gasteiger partial charge in [-0.15, -0.1) is 0 Å². The smallest absolute Gasteiger partial charge is 0.306 e. The standard InChI is InChI=1S/C36H64O4/c1-3-5-7-9-11-13-14-15-16-17-19-25-29-33-36(39)40-34(30-26-22-18-12-10-8-6-4-2)31-27-23-20-21-24-28-32-35(37)38/h6,8,12,18,26,30,34H,3-5,7,9-11,13-17,19-25,27-29,31-33H2,1-2H3,(H,37,38)/b8-6-,18-12-,30-26-. The molecule has 4 heteroatoms. The summed E-state index contributed by atoms with van der Waals surface area (Å²) in [6.07, 6.45) is 40.3. The Balaban J connectivity index is 4.13. The van der Waals surface area contributed by atoms with Gasteiger partial charge in [0.15, 0.2) is 0 Å². The zero-order valence-electron chi connectivity index (χ0n) is 26.4. The Morgan fingerprint density at radius 2 is 1.02 bits per heavy atom. The van der Waals surface area contributed by atoms with E-state index < -0.39 is 5.97 Å². The lowest BCUT2D eigenvalue weighted by atomic mass is 10.0. The van der Waals surface area contributed by atoms with Crippen LogP contribution in [-0.4, -0.2) is 23.1 Å². The average Bonchev–Trinajstić information content (AvgIpc) is 2.93. The first-order valence-corrected chi connectivity index (χ1v) is 17.0. The summed E-state index contributed by atoms with van der Waals surface area (Å²) in [7, 11) is 0. The highest BCUT2D eigenvalue weighted by molar-refractivity contribution is 5.69. The Morgan fingerprint density at radius 3 is 1.55 bits per heavy atom. The van der Waals surface area contributed by atoms with Crippen LogP contribution in [-0.2, 0) is 14.3 Å². The van der Waals surface area contributed by atoms with E-state index >= 15 is 0 Å². The number of aliphatic carboxylic acids is 1. The molecule has 232 valence electrons. The number of esters is 1. The van der Waals surface area contributed by atoms with Crippen molar-refractivity contribution in [1.82, 2.24) is 0 Å². The lowest BCUT2D eigenvalue weighted by molar-refractivity contribution is -0.147. The third-order valence-electron chi connectivity index (χ3n) is 7.36. The third-order valence-corrected chi connectivity index (χ3v) is 7.36. The van der Waals surface area contributed by atoms with Crippen LogP contribution in [0, 0.1) is 0 Å². The summed E-state index contributed by atoms with van der Waals surface area (Å²) >= 11 is 0. The molecule has 4 nitrogen and oxygen atoms in total. The number of ether oxygens (including phenoxy) is 1. The molecule has 0 fully saturated rings. The van der Waals surface area contributed by atoms with Gasteiger partial charge in [0.05, 0.1) is 0 Å². The number of allylic oxidation sites excluding steroid dienone is 5. The summed E-state index contributed by atoms with van der Waals surface area (Å²) < 4.78 is 5.86. The predicted octanol–water partition coefficient (Wildman–Crippen LogP) is 11.4. The molecule has 0 amide bonds. The lowest BCUT2D eigenvalue weighted by Gasteiger charge is -2.14. The maximum atomic E-state index is 12.5. The maximum absolute atomic E-state index is 12.5. The highest BCUT2D eigenvalue weighted by atomic mass is 16.5. The van der Waals surface area contributed by atoms with Crippen LogP contribution in [0.2, 0.25) is 0 Å². The van der Waals surface area contributed by atoms with E-state index in [9.17, 15) is 9.59 Å². The molecule has 0 aliphatic carbocycles. The average molecular weight is 561 g/mol. The topological polar surface area (TPSA) is 63.6 Å². The zero-order valence-corrected chi connectivity index (χ0v) is 26.4. The Hall–Kier alpha value is -1.84.